The minimum absolute atomic E-state index is 0.0288. The first-order valence-corrected chi connectivity index (χ1v) is 10.6. The summed E-state index contributed by atoms with van der Waals surface area (Å²) in [4.78, 5) is 12.7. The Bertz CT molecular complexity index is 623. The van der Waals surface area contributed by atoms with Crippen LogP contribution in [0.25, 0.3) is 0 Å². The predicted octanol–water partition coefficient (Wildman–Crippen LogP) is 7.09. The molecule has 0 heterocycles. The molecule has 1 aromatic rings. The fourth-order valence-corrected chi connectivity index (χ4v) is 4.75. The van der Waals surface area contributed by atoms with Gasteiger partial charge in [0.05, 0.1) is 16.1 Å². The van der Waals surface area contributed by atoms with E-state index in [1.807, 2.05) is 13.8 Å². The van der Waals surface area contributed by atoms with Crippen molar-refractivity contribution >= 4 is 29.1 Å². The van der Waals surface area contributed by atoms with E-state index in [0.29, 0.717) is 10.6 Å². The molecule has 0 aromatic heterocycles. The SMILES string of the molecule is CC.CC1(C(NC(=O)C2CCCC2)c2c(F)ccc(Cl)c2Cl)CCCC1. The maximum atomic E-state index is 14.6. The Morgan fingerprint density at radius 3 is 2.31 bits per heavy atom. The van der Waals surface area contributed by atoms with Crippen molar-refractivity contribution in [3.05, 3.63) is 33.6 Å². The lowest BCUT2D eigenvalue weighted by Gasteiger charge is -2.36. The van der Waals surface area contributed by atoms with E-state index in [-0.39, 0.29) is 22.3 Å². The van der Waals surface area contributed by atoms with Crippen molar-refractivity contribution in [2.45, 2.75) is 78.2 Å². The van der Waals surface area contributed by atoms with Gasteiger partial charge in [0.1, 0.15) is 5.82 Å². The Hall–Kier alpha value is -0.800. The molecule has 1 aromatic carbocycles. The van der Waals surface area contributed by atoms with E-state index in [0.717, 1.165) is 51.4 Å². The van der Waals surface area contributed by atoms with Crippen LogP contribution in [0.1, 0.15) is 83.7 Å². The number of halogens is 3. The third kappa shape index (κ3) is 4.54. The van der Waals surface area contributed by atoms with Gasteiger partial charge in [-0.2, -0.15) is 0 Å². The summed E-state index contributed by atoms with van der Waals surface area (Å²) < 4.78 is 14.6. The van der Waals surface area contributed by atoms with Crippen molar-refractivity contribution in [2.24, 2.45) is 11.3 Å². The quantitative estimate of drug-likeness (QED) is 0.536. The highest BCUT2D eigenvalue weighted by Gasteiger charge is 2.42. The first-order chi connectivity index (χ1) is 12.4. The zero-order valence-electron chi connectivity index (χ0n) is 16.0. The molecular weight excluding hydrogens is 372 g/mol. The Labute approximate surface area is 166 Å². The predicted molar refractivity (Wildman–Crippen MR) is 107 cm³/mol. The van der Waals surface area contributed by atoms with Crippen LogP contribution in [0.5, 0.6) is 0 Å². The lowest BCUT2D eigenvalue weighted by Crippen LogP contribution is -2.41. The highest BCUT2D eigenvalue weighted by atomic mass is 35.5. The van der Waals surface area contributed by atoms with E-state index in [1.165, 1.54) is 12.1 Å². The summed E-state index contributed by atoms with van der Waals surface area (Å²) in [5.74, 6) is -0.325. The second-order valence-corrected chi connectivity index (χ2v) is 8.33. The molecule has 1 amide bonds. The molecule has 1 unspecified atom stereocenters. The average Bonchev–Trinajstić information content (AvgIpc) is 3.32. The molecule has 0 spiro atoms. The van der Waals surface area contributed by atoms with Gasteiger partial charge in [-0.3, -0.25) is 4.79 Å². The largest absolute Gasteiger partial charge is 0.348 e. The number of carbonyl (C=O) groups is 1. The third-order valence-corrected chi connectivity index (χ3v) is 6.64. The number of hydrogen-bond acceptors (Lipinski definition) is 1. The van der Waals surface area contributed by atoms with Crippen LogP contribution >= 0.6 is 23.2 Å². The maximum absolute atomic E-state index is 14.6. The zero-order chi connectivity index (χ0) is 19.3. The minimum atomic E-state index is -0.431. The van der Waals surface area contributed by atoms with E-state index >= 15 is 0 Å². The lowest BCUT2D eigenvalue weighted by atomic mass is 9.76. The molecule has 5 heteroatoms. The molecule has 2 aliphatic rings. The number of carbonyl (C=O) groups excluding carboxylic acids is 1. The van der Waals surface area contributed by atoms with Gasteiger partial charge < -0.3 is 5.32 Å². The average molecular weight is 402 g/mol. The van der Waals surface area contributed by atoms with Crippen LogP contribution in [-0.2, 0) is 4.79 Å². The number of nitrogens with one attached hydrogen (secondary N) is 1. The van der Waals surface area contributed by atoms with E-state index in [2.05, 4.69) is 12.2 Å². The molecular formula is C21H30Cl2FNO. The molecule has 0 saturated heterocycles. The van der Waals surface area contributed by atoms with Crippen molar-refractivity contribution < 1.29 is 9.18 Å². The van der Waals surface area contributed by atoms with Gasteiger partial charge in [-0.25, -0.2) is 4.39 Å². The van der Waals surface area contributed by atoms with E-state index in [4.69, 9.17) is 23.2 Å². The van der Waals surface area contributed by atoms with E-state index in [1.54, 1.807) is 0 Å². The van der Waals surface area contributed by atoms with Gasteiger partial charge >= 0.3 is 0 Å². The van der Waals surface area contributed by atoms with Crippen molar-refractivity contribution in [1.82, 2.24) is 5.32 Å². The Morgan fingerprint density at radius 1 is 1.15 bits per heavy atom. The summed E-state index contributed by atoms with van der Waals surface area (Å²) >= 11 is 12.5. The molecule has 0 aliphatic heterocycles. The number of rotatable bonds is 4. The topological polar surface area (TPSA) is 29.1 Å². The Kier molecular flexibility index (Phi) is 7.78. The van der Waals surface area contributed by atoms with Crippen molar-refractivity contribution in [1.29, 1.82) is 0 Å². The second kappa shape index (κ2) is 9.41. The van der Waals surface area contributed by atoms with E-state index in [9.17, 15) is 9.18 Å². The zero-order valence-corrected chi connectivity index (χ0v) is 17.5. The van der Waals surface area contributed by atoms with Gasteiger partial charge in [0, 0.05) is 11.5 Å². The van der Waals surface area contributed by atoms with Gasteiger partial charge in [-0.1, -0.05) is 69.7 Å². The van der Waals surface area contributed by atoms with Crippen molar-refractivity contribution in [3.63, 3.8) is 0 Å². The fraction of sp³-hybridized carbons (Fsp3) is 0.667. The molecule has 26 heavy (non-hydrogen) atoms. The van der Waals surface area contributed by atoms with Crippen LogP contribution < -0.4 is 5.32 Å². The summed E-state index contributed by atoms with van der Waals surface area (Å²) in [6.45, 7) is 6.12. The number of amides is 1. The third-order valence-electron chi connectivity index (χ3n) is 5.82. The van der Waals surface area contributed by atoms with Crippen LogP contribution in [0.2, 0.25) is 10.0 Å². The van der Waals surface area contributed by atoms with Gasteiger partial charge in [0.25, 0.3) is 0 Å². The van der Waals surface area contributed by atoms with Gasteiger partial charge in [-0.15, -0.1) is 0 Å². The monoisotopic (exact) mass is 401 g/mol. The minimum Gasteiger partial charge on any atom is -0.348 e. The molecule has 2 aliphatic carbocycles. The number of benzene rings is 1. The van der Waals surface area contributed by atoms with Crippen LogP contribution in [0.15, 0.2) is 12.1 Å². The summed E-state index contributed by atoms with van der Waals surface area (Å²) in [6.07, 6.45) is 8.09. The maximum Gasteiger partial charge on any atom is 0.223 e. The van der Waals surface area contributed by atoms with E-state index < -0.39 is 11.9 Å². The Morgan fingerprint density at radius 2 is 1.73 bits per heavy atom. The van der Waals surface area contributed by atoms with Crippen LogP contribution in [0.3, 0.4) is 0 Å². The van der Waals surface area contributed by atoms with Crippen molar-refractivity contribution in [3.8, 4) is 0 Å². The highest BCUT2D eigenvalue weighted by Crippen LogP contribution is 2.50. The summed E-state index contributed by atoms with van der Waals surface area (Å²) in [5.41, 5.74) is 0.156. The molecule has 2 nitrogen and oxygen atoms in total. The van der Waals surface area contributed by atoms with Crippen molar-refractivity contribution in [2.75, 3.05) is 0 Å². The molecule has 3 rings (SSSR count). The molecule has 0 radical (unpaired) electrons. The van der Waals surface area contributed by atoms with Gasteiger partial charge in [0.2, 0.25) is 5.91 Å². The summed E-state index contributed by atoms with van der Waals surface area (Å²) in [7, 11) is 0. The number of hydrogen-bond donors (Lipinski definition) is 1. The van der Waals surface area contributed by atoms with Crippen LogP contribution in [0.4, 0.5) is 4.39 Å². The molecule has 146 valence electrons. The highest BCUT2D eigenvalue weighted by molar-refractivity contribution is 6.42. The normalized spacial score (nSPS) is 20.4. The van der Waals surface area contributed by atoms with Gasteiger partial charge in [-0.05, 0) is 43.2 Å². The standard InChI is InChI=1S/C19H24Cl2FNO.C2H6/c1-19(10-4-5-11-19)17(23-18(24)12-6-2-3-7-12)15-14(22)9-8-13(20)16(15)21;1-2/h8-9,12,17H,2-7,10-11H2,1H3,(H,23,24);1-2H3. The lowest BCUT2D eigenvalue weighted by molar-refractivity contribution is -0.126. The fourth-order valence-electron chi connectivity index (χ4n) is 4.32. The summed E-state index contributed by atoms with van der Waals surface area (Å²) in [6, 6.07) is 2.38. The first kappa shape index (κ1) is 21.5. The van der Waals surface area contributed by atoms with Crippen LogP contribution in [0, 0.1) is 17.2 Å². The molecule has 1 atom stereocenters. The smallest absolute Gasteiger partial charge is 0.223 e. The van der Waals surface area contributed by atoms with Gasteiger partial charge in [0.15, 0.2) is 0 Å². The second-order valence-electron chi connectivity index (χ2n) is 7.54. The Balaban J connectivity index is 0.00000117. The first-order valence-electron chi connectivity index (χ1n) is 9.86. The van der Waals surface area contributed by atoms with Crippen LogP contribution in [-0.4, -0.2) is 5.91 Å². The molecule has 2 fully saturated rings. The molecule has 2 saturated carbocycles. The molecule has 0 bridgehead atoms. The molecule has 1 N–H and O–H groups in total. The summed E-state index contributed by atoms with van der Waals surface area (Å²) in [5, 5.41) is 3.70.